The predicted molar refractivity (Wildman–Crippen MR) is 75.1 cm³/mol. The van der Waals surface area contributed by atoms with Crippen LogP contribution in [0, 0.1) is 0 Å². The minimum atomic E-state index is -0.153. The standard InChI is InChI=1S/C14H20N4O2/c1-3-15-12(19)6-7-16-13(11-5-4-10-20-11)14-17-8-9-18(14)2/h4-5,8-10,13,16H,3,6-7H2,1-2H3,(H,15,19). The van der Waals surface area contributed by atoms with E-state index in [1.807, 2.05) is 36.9 Å². The Hall–Kier alpha value is -2.08. The van der Waals surface area contributed by atoms with E-state index in [1.165, 1.54) is 0 Å². The highest BCUT2D eigenvalue weighted by Gasteiger charge is 2.20. The van der Waals surface area contributed by atoms with Gasteiger partial charge in [-0.2, -0.15) is 0 Å². The molecule has 0 aliphatic rings. The lowest BCUT2D eigenvalue weighted by Gasteiger charge is -2.16. The number of hydrogen-bond acceptors (Lipinski definition) is 4. The zero-order valence-corrected chi connectivity index (χ0v) is 11.8. The van der Waals surface area contributed by atoms with Crippen molar-refractivity contribution in [3.8, 4) is 0 Å². The highest BCUT2D eigenvalue weighted by Crippen LogP contribution is 2.20. The van der Waals surface area contributed by atoms with Crippen LogP contribution < -0.4 is 10.6 Å². The normalized spacial score (nSPS) is 12.3. The zero-order chi connectivity index (χ0) is 14.4. The molecule has 0 fully saturated rings. The summed E-state index contributed by atoms with van der Waals surface area (Å²) >= 11 is 0. The molecule has 2 aromatic rings. The Kier molecular flexibility index (Phi) is 4.95. The van der Waals surface area contributed by atoms with Crippen molar-refractivity contribution in [1.82, 2.24) is 20.2 Å². The Balaban J connectivity index is 2.02. The molecular weight excluding hydrogens is 256 g/mol. The molecule has 20 heavy (non-hydrogen) atoms. The third-order valence-electron chi connectivity index (χ3n) is 3.02. The molecule has 2 N–H and O–H groups in total. The fraction of sp³-hybridized carbons (Fsp3) is 0.429. The molecule has 0 saturated heterocycles. The maximum absolute atomic E-state index is 11.5. The molecule has 6 nitrogen and oxygen atoms in total. The summed E-state index contributed by atoms with van der Waals surface area (Å²) in [5, 5.41) is 6.09. The van der Waals surface area contributed by atoms with Crippen molar-refractivity contribution in [3.63, 3.8) is 0 Å². The SMILES string of the molecule is CCNC(=O)CCNC(c1ccco1)c1nccn1C. The first kappa shape index (κ1) is 14.3. The van der Waals surface area contributed by atoms with Crippen molar-refractivity contribution in [1.29, 1.82) is 0 Å². The number of amides is 1. The number of aromatic nitrogens is 2. The summed E-state index contributed by atoms with van der Waals surface area (Å²) in [6.45, 7) is 3.12. The van der Waals surface area contributed by atoms with Crippen LogP contribution in [0.1, 0.15) is 31.0 Å². The van der Waals surface area contributed by atoms with Crippen LogP contribution in [0.15, 0.2) is 35.2 Å². The molecule has 0 aliphatic heterocycles. The second-order valence-electron chi connectivity index (χ2n) is 4.50. The average Bonchev–Trinajstić information content (AvgIpc) is 3.07. The summed E-state index contributed by atoms with van der Waals surface area (Å²) in [4.78, 5) is 15.8. The van der Waals surface area contributed by atoms with Gasteiger partial charge in [0.05, 0.1) is 6.26 Å². The molecule has 0 radical (unpaired) electrons. The molecule has 2 aromatic heterocycles. The van der Waals surface area contributed by atoms with E-state index in [2.05, 4.69) is 15.6 Å². The summed E-state index contributed by atoms with van der Waals surface area (Å²) in [5.41, 5.74) is 0. The number of aryl methyl sites for hydroxylation is 1. The monoisotopic (exact) mass is 276 g/mol. The van der Waals surface area contributed by atoms with Crippen molar-refractivity contribution < 1.29 is 9.21 Å². The van der Waals surface area contributed by atoms with E-state index >= 15 is 0 Å². The number of furan rings is 1. The first-order valence-corrected chi connectivity index (χ1v) is 6.73. The van der Waals surface area contributed by atoms with Crippen LogP contribution in [-0.2, 0) is 11.8 Å². The van der Waals surface area contributed by atoms with E-state index in [1.54, 1.807) is 12.5 Å². The van der Waals surface area contributed by atoms with Gasteiger partial charge in [-0.3, -0.25) is 4.79 Å². The maximum Gasteiger partial charge on any atom is 0.221 e. The highest BCUT2D eigenvalue weighted by molar-refractivity contribution is 5.75. The van der Waals surface area contributed by atoms with E-state index in [4.69, 9.17) is 4.42 Å². The molecule has 1 amide bonds. The fourth-order valence-corrected chi connectivity index (χ4v) is 2.05. The average molecular weight is 276 g/mol. The summed E-state index contributed by atoms with van der Waals surface area (Å²) in [5.74, 6) is 1.68. The van der Waals surface area contributed by atoms with Crippen LogP contribution in [-0.4, -0.2) is 28.5 Å². The third kappa shape index (κ3) is 3.48. The molecule has 0 saturated carbocycles. The van der Waals surface area contributed by atoms with Crippen molar-refractivity contribution in [2.45, 2.75) is 19.4 Å². The molecule has 2 rings (SSSR count). The molecule has 108 valence electrons. The van der Waals surface area contributed by atoms with Crippen molar-refractivity contribution in [3.05, 3.63) is 42.4 Å². The van der Waals surface area contributed by atoms with Gasteiger partial charge in [-0.25, -0.2) is 4.98 Å². The zero-order valence-electron chi connectivity index (χ0n) is 11.8. The van der Waals surface area contributed by atoms with E-state index < -0.39 is 0 Å². The minimum Gasteiger partial charge on any atom is -0.467 e. The molecule has 0 aromatic carbocycles. The quantitative estimate of drug-likeness (QED) is 0.797. The maximum atomic E-state index is 11.5. The van der Waals surface area contributed by atoms with E-state index in [0.29, 0.717) is 19.5 Å². The molecule has 0 bridgehead atoms. The lowest BCUT2D eigenvalue weighted by molar-refractivity contribution is -0.120. The van der Waals surface area contributed by atoms with Gasteiger partial charge in [-0.15, -0.1) is 0 Å². The smallest absolute Gasteiger partial charge is 0.221 e. The number of carbonyl (C=O) groups is 1. The van der Waals surface area contributed by atoms with Gasteiger partial charge in [0.2, 0.25) is 5.91 Å². The van der Waals surface area contributed by atoms with Gasteiger partial charge < -0.3 is 19.6 Å². The van der Waals surface area contributed by atoms with Crippen LogP contribution >= 0.6 is 0 Å². The lowest BCUT2D eigenvalue weighted by Crippen LogP contribution is -2.30. The number of rotatable bonds is 7. The highest BCUT2D eigenvalue weighted by atomic mass is 16.3. The first-order chi connectivity index (χ1) is 9.72. The molecule has 1 unspecified atom stereocenters. The molecule has 0 spiro atoms. The van der Waals surface area contributed by atoms with Crippen molar-refractivity contribution >= 4 is 5.91 Å². The van der Waals surface area contributed by atoms with Crippen LogP contribution in [0.3, 0.4) is 0 Å². The van der Waals surface area contributed by atoms with Gasteiger partial charge in [0.25, 0.3) is 0 Å². The van der Waals surface area contributed by atoms with Gasteiger partial charge in [0.15, 0.2) is 0 Å². The predicted octanol–water partition coefficient (Wildman–Crippen LogP) is 1.22. The first-order valence-electron chi connectivity index (χ1n) is 6.73. The Morgan fingerprint density at radius 1 is 1.55 bits per heavy atom. The van der Waals surface area contributed by atoms with Gasteiger partial charge in [0.1, 0.15) is 17.6 Å². The summed E-state index contributed by atoms with van der Waals surface area (Å²) in [6, 6.07) is 3.59. The molecule has 0 aliphatic carbocycles. The van der Waals surface area contributed by atoms with E-state index in [0.717, 1.165) is 11.6 Å². The number of carbonyl (C=O) groups excluding carboxylic acids is 1. The van der Waals surface area contributed by atoms with Crippen LogP contribution in [0.25, 0.3) is 0 Å². The van der Waals surface area contributed by atoms with Gasteiger partial charge in [-0.1, -0.05) is 0 Å². The van der Waals surface area contributed by atoms with E-state index in [-0.39, 0.29) is 11.9 Å². The van der Waals surface area contributed by atoms with Gasteiger partial charge in [0, 0.05) is 39.0 Å². The Morgan fingerprint density at radius 3 is 3.00 bits per heavy atom. The molecule has 2 heterocycles. The Labute approximate surface area is 118 Å². The molecule has 6 heteroatoms. The number of hydrogen-bond donors (Lipinski definition) is 2. The lowest BCUT2D eigenvalue weighted by atomic mass is 10.2. The Morgan fingerprint density at radius 2 is 2.40 bits per heavy atom. The van der Waals surface area contributed by atoms with Crippen molar-refractivity contribution in [2.24, 2.45) is 7.05 Å². The van der Waals surface area contributed by atoms with Gasteiger partial charge in [-0.05, 0) is 19.1 Å². The summed E-state index contributed by atoms with van der Waals surface area (Å²) in [6.07, 6.45) is 5.69. The second-order valence-corrected chi connectivity index (χ2v) is 4.50. The van der Waals surface area contributed by atoms with Crippen LogP contribution in [0.5, 0.6) is 0 Å². The molecular formula is C14H20N4O2. The van der Waals surface area contributed by atoms with E-state index in [9.17, 15) is 4.79 Å². The largest absolute Gasteiger partial charge is 0.467 e. The minimum absolute atomic E-state index is 0.0398. The van der Waals surface area contributed by atoms with Crippen LogP contribution in [0.4, 0.5) is 0 Å². The topological polar surface area (TPSA) is 72.1 Å². The van der Waals surface area contributed by atoms with Crippen LogP contribution in [0.2, 0.25) is 0 Å². The second kappa shape index (κ2) is 6.91. The molecule has 1 atom stereocenters. The summed E-state index contributed by atoms with van der Waals surface area (Å²) in [7, 11) is 1.93. The van der Waals surface area contributed by atoms with Gasteiger partial charge >= 0.3 is 0 Å². The number of nitrogens with zero attached hydrogens (tertiary/aromatic N) is 2. The fourth-order valence-electron chi connectivity index (χ4n) is 2.05. The summed E-state index contributed by atoms with van der Waals surface area (Å²) < 4.78 is 7.40. The third-order valence-corrected chi connectivity index (χ3v) is 3.02. The Bertz CT molecular complexity index is 533. The number of nitrogens with one attached hydrogen (secondary N) is 2. The van der Waals surface area contributed by atoms with Crippen molar-refractivity contribution in [2.75, 3.05) is 13.1 Å². The number of imidazole rings is 1.